The molecule has 1 heteroatoms. The van der Waals surface area contributed by atoms with Crippen LogP contribution in [0.15, 0.2) is 97.1 Å². The van der Waals surface area contributed by atoms with Crippen molar-refractivity contribution in [2.45, 2.75) is 0 Å². The molecule has 0 unspecified atom stereocenters. The van der Waals surface area contributed by atoms with Gasteiger partial charge in [0.2, 0.25) is 0 Å². The number of hydrogen-bond donors (Lipinski definition) is 0. The van der Waals surface area contributed by atoms with Crippen LogP contribution >= 0.6 is 0 Å². The van der Waals surface area contributed by atoms with Gasteiger partial charge in [-0.15, -0.1) is 0 Å². The molecule has 1 radical (unpaired) electrons. The van der Waals surface area contributed by atoms with Crippen LogP contribution in [0.5, 0.6) is 0 Å². The SMILES string of the molecule is [B](c1ccccc1)c1cccc(-c2cccc3ccccc23)c1. The summed E-state index contributed by atoms with van der Waals surface area (Å²) in [5.74, 6) is 0. The van der Waals surface area contributed by atoms with Crippen molar-refractivity contribution in [1.29, 1.82) is 0 Å². The van der Waals surface area contributed by atoms with Gasteiger partial charge in [0.05, 0.1) is 0 Å². The Morgan fingerprint density at radius 3 is 2.13 bits per heavy atom. The fourth-order valence-electron chi connectivity index (χ4n) is 3.01. The first-order valence-corrected chi connectivity index (χ1v) is 7.88. The highest BCUT2D eigenvalue weighted by Crippen LogP contribution is 2.27. The maximum Gasteiger partial charge on any atom is 0.191 e. The van der Waals surface area contributed by atoms with Gasteiger partial charge in [0.1, 0.15) is 0 Å². The second-order valence-electron chi connectivity index (χ2n) is 5.71. The van der Waals surface area contributed by atoms with Crippen LogP contribution in [0, 0.1) is 0 Å². The van der Waals surface area contributed by atoms with E-state index in [1.807, 2.05) is 6.07 Å². The molecule has 23 heavy (non-hydrogen) atoms. The van der Waals surface area contributed by atoms with Crippen molar-refractivity contribution in [1.82, 2.24) is 0 Å². The van der Waals surface area contributed by atoms with Gasteiger partial charge in [-0.1, -0.05) is 108 Å². The van der Waals surface area contributed by atoms with E-state index in [1.165, 1.54) is 32.8 Å². The molecule has 0 aliphatic carbocycles. The van der Waals surface area contributed by atoms with Crippen molar-refractivity contribution in [2.24, 2.45) is 0 Å². The number of rotatable bonds is 3. The standard InChI is InChI=1S/C22H16B/c1-2-11-19(12-3-1)23-20-13-6-10-18(16-20)22-15-7-9-17-8-4-5-14-21(17)22/h1-16H. The molecule has 0 saturated heterocycles. The second kappa shape index (κ2) is 6.14. The highest BCUT2D eigenvalue weighted by atomic mass is 14.1. The first-order valence-electron chi connectivity index (χ1n) is 7.88. The van der Waals surface area contributed by atoms with Gasteiger partial charge in [0.15, 0.2) is 7.28 Å². The normalized spacial score (nSPS) is 10.6. The minimum Gasteiger partial charge on any atom is -0.0814 e. The third kappa shape index (κ3) is 2.91. The molecular weight excluding hydrogens is 275 g/mol. The van der Waals surface area contributed by atoms with E-state index in [0.29, 0.717) is 0 Å². The van der Waals surface area contributed by atoms with Gasteiger partial charge in [-0.2, -0.15) is 0 Å². The van der Waals surface area contributed by atoms with E-state index in [9.17, 15) is 0 Å². The molecule has 0 amide bonds. The lowest BCUT2D eigenvalue weighted by Gasteiger charge is -2.09. The zero-order valence-electron chi connectivity index (χ0n) is 12.8. The van der Waals surface area contributed by atoms with Crippen molar-refractivity contribution in [3.63, 3.8) is 0 Å². The summed E-state index contributed by atoms with van der Waals surface area (Å²) >= 11 is 0. The van der Waals surface area contributed by atoms with E-state index in [0.717, 1.165) is 0 Å². The molecular formula is C22H16B. The summed E-state index contributed by atoms with van der Waals surface area (Å²) in [6.07, 6.45) is 0. The Balaban J connectivity index is 1.76. The molecule has 107 valence electrons. The molecule has 0 saturated carbocycles. The highest BCUT2D eigenvalue weighted by molar-refractivity contribution is 6.67. The van der Waals surface area contributed by atoms with Gasteiger partial charge in [-0.25, -0.2) is 0 Å². The van der Waals surface area contributed by atoms with Crippen LogP contribution in [-0.4, -0.2) is 7.28 Å². The Labute approximate surface area is 137 Å². The van der Waals surface area contributed by atoms with Crippen molar-refractivity contribution in [3.05, 3.63) is 97.1 Å². The largest absolute Gasteiger partial charge is 0.191 e. The number of benzene rings is 4. The maximum atomic E-state index is 2.26. The molecule has 4 aromatic rings. The molecule has 0 aliphatic rings. The second-order valence-corrected chi connectivity index (χ2v) is 5.71. The Kier molecular flexibility index (Phi) is 3.69. The zero-order valence-corrected chi connectivity index (χ0v) is 12.8. The van der Waals surface area contributed by atoms with E-state index in [1.54, 1.807) is 0 Å². The summed E-state index contributed by atoms with van der Waals surface area (Å²) in [4.78, 5) is 0. The topological polar surface area (TPSA) is 0 Å². The summed E-state index contributed by atoms with van der Waals surface area (Å²) in [6, 6.07) is 34.2. The van der Waals surface area contributed by atoms with E-state index < -0.39 is 0 Å². The smallest absolute Gasteiger partial charge is 0.0814 e. The lowest BCUT2D eigenvalue weighted by atomic mass is 9.64. The van der Waals surface area contributed by atoms with Crippen LogP contribution in [0.1, 0.15) is 0 Å². The summed E-state index contributed by atoms with van der Waals surface area (Å²) in [5, 5.41) is 2.58. The molecule has 4 rings (SSSR count). The minimum atomic E-state index is 1.22. The van der Waals surface area contributed by atoms with Crippen LogP contribution in [0.4, 0.5) is 0 Å². The minimum absolute atomic E-state index is 1.22. The highest BCUT2D eigenvalue weighted by Gasteiger charge is 2.05. The van der Waals surface area contributed by atoms with Crippen molar-refractivity contribution in [2.75, 3.05) is 0 Å². The maximum absolute atomic E-state index is 2.26. The molecule has 0 bridgehead atoms. The Hall–Kier alpha value is -2.80. The lowest BCUT2D eigenvalue weighted by Crippen LogP contribution is -2.26. The first-order chi connectivity index (χ1) is 11.4. The van der Waals surface area contributed by atoms with Gasteiger partial charge in [-0.05, 0) is 21.9 Å². The summed E-state index contributed by atoms with van der Waals surface area (Å²) < 4.78 is 0. The summed E-state index contributed by atoms with van der Waals surface area (Å²) in [7, 11) is 2.22. The molecule has 0 fully saturated rings. The number of hydrogen-bond acceptors (Lipinski definition) is 0. The molecule has 0 atom stereocenters. The predicted octanol–water partition coefficient (Wildman–Crippen LogP) is 4.16. The van der Waals surface area contributed by atoms with Crippen LogP contribution in [0.3, 0.4) is 0 Å². The van der Waals surface area contributed by atoms with Crippen molar-refractivity contribution >= 4 is 29.0 Å². The monoisotopic (exact) mass is 291 g/mol. The quantitative estimate of drug-likeness (QED) is 0.497. The first kappa shape index (κ1) is 13.8. The van der Waals surface area contributed by atoms with Crippen LogP contribution in [0.2, 0.25) is 0 Å². The van der Waals surface area contributed by atoms with Gasteiger partial charge >= 0.3 is 0 Å². The van der Waals surface area contributed by atoms with E-state index >= 15 is 0 Å². The van der Waals surface area contributed by atoms with E-state index in [4.69, 9.17) is 0 Å². The molecule has 0 spiro atoms. The van der Waals surface area contributed by atoms with E-state index in [-0.39, 0.29) is 0 Å². The fourth-order valence-corrected chi connectivity index (χ4v) is 3.01. The predicted molar refractivity (Wildman–Crippen MR) is 101 cm³/mol. The van der Waals surface area contributed by atoms with Crippen LogP contribution in [-0.2, 0) is 0 Å². The molecule has 4 aromatic carbocycles. The van der Waals surface area contributed by atoms with Gasteiger partial charge in [0.25, 0.3) is 0 Å². The molecule has 0 N–H and O–H groups in total. The van der Waals surface area contributed by atoms with Gasteiger partial charge < -0.3 is 0 Å². The van der Waals surface area contributed by atoms with Crippen molar-refractivity contribution in [3.8, 4) is 11.1 Å². The number of fused-ring (bicyclic) bond motifs is 1. The molecule has 0 heterocycles. The molecule has 0 aliphatic heterocycles. The average molecular weight is 291 g/mol. The Bertz CT molecular complexity index is 937. The Morgan fingerprint density at radius 2 is 1.22 bits per heavy atom. The fraction of sp³-hybridized carbons (Fsp3) is 0. The molecule has 0 aromatic heterocycles. The van der Waals surface area contributed by atoms with Gasteiger partial charge in [-0.3, -0.25) is 0 Å². The Morgan fingerprint density at radius 1 is 0.522 bits per heavy atom. The molecule has 0 nitrogen and oxygen atoms in total. The van der Waals surface area contributed by atoms with Crippen LogP contribution in [0.25, 0.3) is 21.9 Å². The summed E-state index contributed by atoms with van der Waals surface area (Å²) in [6.45, 7) is 0. The van der Waals surface area contributed by atoms with E-state index in [2.05, 4.69) is 98.3 Å². The average Bonchev–Trinajstić information content (AvgIpc) is 2.62. The van der Waals surface area contributed by atoms with Crippen LogP contribution < -0.4 is 10.9 Å². The van der Waals surface area contributed by atoms with Crippen molar-refractivity contribution < 1.29 is 0 Å². The lowest BCUT2D eigenvalue weighted by molar-refractivity contribution is 1.67. The third-order valence-corrected chi connectivity index (χ3v) is 4.12. The zero-order chi connectivity index (χ0) is 15.5. The van der Waals surface area contributed by atoms with Gasteiger partial charge in [0, 0.05) is 0 Å². The summed E-state index contributed by atoms with van der Waals surface area (Å²) in [5.41, 5.74) is 4.99. The third-order valence-electron chi connectivity index (χ3n) is 4.12.